The second-order valence-corrected chi connectivity index (χ2v) is 6.37. The van der Waals surface area contributed by atoms with Crippen molar-refractivity contribution in [3.05, 3.63) is 70.2 Å². The zero-order valence-corrected chi connectivity index (χ0v) is 13.9. The molecule has 0 bridgehead atoms. The van der Waals surface area contributed by atoms with Gasteiger partial charge in [-0.3, -0.25) is 4.79 Å². The van der Waals surface area contributed by atoms with Gasteiger partial charge < -0.3 is 10.3 Å². The van der Waals surface area contributed by atoms with Crippen molar-refractivity contribution in [1.82, 2.24) is 4.98 Å². The van der Waals surface area contributed by atoms with Gasteiger partial charge >= 0.3 is 0 Å². The van der Waals surface area contributed by atoms with E-state index in [9.17, 15) is 4.79 Å². The fourth-order valence-corrected chi connectivity index (χ4v) is 3.45. The molecule has 4 rings (SSSR count). The van der Waals surface area contributed by atoms with Gasteiger partial charge in [0, 0.05) is 23.3 Å². The lowest BCUT2D eigenvalue weighted by Crippen LogP contribution is -2.03. The van der Waals surface area contributed by atoms with Crippen molar-refractivity contribution in [2.24, 2.45) is 4.99 Å². The van der Waals surface area contributed by atoms with Gasteiger partial charge in [-0.25, -0.2) is 4.99 Å². The number of aromatic nitrogens is 1. The van der Waals surface area contributed by atoms with Gasteiger partial charge in [-0.1, -0.05) is 30.3 Å². The summed E-state index contributed by atoms with van der Waals surface area (Å²) in [4.78, 5) is 20.5. The molecule has 0 unspecified atom stereocenters. The first kappa shape index (κ1) is 14.7. The molecule has 0 aliphatic rings. The fraction of sp³-hybridized carbons (Fsp3) is 0.0526. The van der Waals surface area contributed by atoms with Crippen LogP contribution in [0.5, 0.6) is 0 Å². The Hall–Kier alpha value is -2.92. The largest absolute Gasteiger partial charge is 0.386 e. The summed E-state index contributed by atoms with van der Waals surface area (Å²) in [7, 11) is 1.90. The number of aromatic amines is 1. The lowest BCUT2D eigenvalue weighted by molar-refractivity contribution is 0.100. The molecule has 5 heteroatoms. The molecule has 2 heterocycles. The summed E-state index contributed by atoms with van der Waals surface area (Å²) in [5.41, 5.74) is 3.05. The Morgan fingerprint density at radius 3 is 2.71 bits per heavy atom. The van der Waals surface area contributed by atoms with Gasteiger partial charge in [0.25, 0.3) is 5.91 Å². The van der Waals surface area contributed by atoms with E-state index in [0.717, 1.165) is 27.5 Å². The Morgan fingerprint density at radius 1 is 1.08 bits per heavy atom. The van der Waals surface area contributed by atoms with Crippen LogP contribution in [-0.4, -0.2) is 17.9 Å². The Balaban J connectivity index is 1.94. The van der Waals surface area contributed by atoms with Crippen LogP contribution in [0.1, 0.15) is 9.67 Å². The standard InChI is InChI=1S/C19H15N3OS/c1-20-15-8-3-7-14-13-6-2-5-12(11-16(13)22-18(14)15)21-19(23)17-9-4-10-24-17/h2-11,20,22H,1H3. The van der Waals surface area contributed by atoms with Crippen LogP contribution < -0.4 is 10.7 Å². The minimum Gasteiger partial charge on any atom is -0.386 e. The van der Waals surface area contributed by atoms with Crippen molar-refractivity contribution < 1.29 is 4.79 Å². The highest BCUT2D eigenvalue weighted by atomic mass is 32.1. The number of nitrogens with zero attached hydrogens (tertiary/aromatic N) is 1. The van der Waals surface area contributed by atoms with Crippen LogP contribution in [0.4, 0.5) is 5.69 Å². The van der Waals surface area contributed by atoms with E-state index in [0.29, 0.717) is 10.2 Å². The zero-order chi connectivity index (χ0) is 16.5. The van der Waals surface area contributed by atoms with Gasteiger partial charge in [0.15, 0.2) is 0 Å². The van der Waals surface area contributed by atoms with Crippen LogP contribution >= 0.6 is 11.3 Å². The van der Waals surface area contributed by atoms with Gasteiger partial charge in [0.05, 0.1) is 21.4 Å². The quantitative estimate of drug-likeness (QED) is 0.578. The molecule has 0 saturated heterocycles. The second kappa shape index (κ2) is 5.94. The average molecular weight is 333 g/mol. The Kier molecular flexibility index (Phi) is 3.63. The lowest BCUT2D eigenvalue weighted by atomic mass is 10.2. The molecular formula is C19H15N3OS. The molecular weight excluding hydrogens is 318 g/mol. The summed E-state index contributed by atoms with van der Waals surface area (Å²) in [6.45, 7) is 0. The molecule has 2 aromatic carbocycles. The van der Waals surface area contributed by atoms with Crippen molar-refractivity contribution in [2.75, 3.05) is 12.4 Å². The molecule has 0 spiro atoms. The Bertz CT molecular complexity index is 1110. The molecule has 1 amide bonds. The molecule has 24 heavy (non-hydrogen) atoms. The predicted molar refractivity (Wildman–Crippen MR) is 99.6 cm³/mol. The number of amides is 1. The number of benzene rings is 1. The van der Waals surface area contributed by atoms with Gasteiger partial charge in [0.1, 0.15) is 0 Å². The molecule has 0 saturated carbocycles. The highest BCUT2D eigenvalue weighted by Crippen LogP contribution is 2.28. The van der Waals surface area contributed by atoms with E-state index in [-0.39, 0.29) is 5.91 Å². The zero-order valence-electron chi connectivity index (χ0n) is 13.0. The molecule has 2 aromatic heterocycles. The highest BCUT2D eigenvalue weighted by Gasteiger charge is 2.07. The lowest BCUT2D eigenvalue weighted by Gasteiger charge is -2.00. The maximum Gasteiger partial charge on any atom is 0.287 e. The number of rotatable bonds is 2. The number of carbonyl (C=O) groups is 1. The number of carbonyl (C=O) groups excluding carboxylic acids is 1. The minimum absolute atomic E-state index is 0.212. The van der Waals surface area contributed by atoms with Crippen LogP contribution in [0.25, 0.3) is 21.8 Å². The normalized spacial score (nSPS) is 12.0. The molecule has 4 aromatic rings. The molecule has 118 valence electrons. The van der Waals surface area contributed by atoms with Crippen LogP contribution in [0, 0.1) is 0 Å². The van der Waals surface area contributed by atoms with E-state index in [4.69, 9.17) is 0 Å². The van der Waals surface area contributed by atoms with Crippen molar-refractivity contribution in [2.45, 2.75) is 0 Å². The van der Waals surface area contributed by atoms with E-state index in [1.807, 2.05) is 54.9 Å². The van der Waals surface area contributed by atoms with Crippen LogP contribution in [0.3, 0.4) is 0 Å². The first-order valence-corrected chi connectivity index (χ1v) is 8.49. The molecule has 0 atom stereocenters. The molecule has 4 nitrogen and oxygen atoms in total. The van der Waals surface area contributed by atoms with E-state index < -0.39 is 0 Å². The topological polar surface area (TPSA) is 57.2 Å². The average Bonchev–Trinajstić information content (AvgIpc) is 3.19. The van der Waals surface area contributed by atoms with E-state index in [1.54, 1.807) is 6.07 Å². The van der Waals surface area contributed by atoms with Gasteiger partial charge in [-0.05, 0) is 29.6 Å². The Labute approximate surface area is 142 Å². The molecule has 0 radical (unpaired) electrons. The summed E-state index contributed by atoms with van der Waals surface area (Å²) < 4.78 is 0. The van der Waals surface area contributed by atoms with Gasteiger partial charge in [-0.2, -0.15) is 0 Å². The summed E-state index contributed by atoms with van der Waals surface area (Å²) in [5, 5.41) is 7.96. The van der Waals surface area contributed by atoms with Crippen LogP contribution in [0.15, 0.2) is 65.0 Å². The number of thiophene rings is 1. The van der Waals surface area contributed by atoms with Crippen molar-refractivity contribution >= 4 is 44.7 Å². The van der Waals surface area contributed by atoms with E-state index >= 15 is 0 Å². The van der Waals surface area contributed by atoms with Crippen molar-refractivity contribution in [1.29, 1.82) is 0 Å². The Morgan fingerprint density at radius 2 is 1.92 bits per heavy atom. The maximum atomic E-state index is 12.2. The van der Waals surface area contributed by atoms with Crippen molar-refractivity contribution in [3.8, 4) is 0 Å². The maximum absolute atomic E-state index is 12.2. The number of anilines is 1. The van der Waals surface area contributed by atoms with E-state index in [2.05, 4.69) is 21.4 Å². The molecule has 0 aliphatic carbocycles. The first-order valence-electron chi connectivity index (χ1n) is 7.61. The monoisotopic (exact) mass is 333 g/mol. The minimum atomic E-state index is -0.212. The van der Waals surface area contributed by atoms with Crippen LogP contribution in [0.2, 0.25) is 0 Å². The van der Waals surface area contributed by atoms with Gasteiger partial charge in [-0.15, -0.1) is 11.3 Å². The van der Waals surface area contributed by atoms with Gasteiger partial charge in [0.2, 0.25) is 0 Å². The number of hydrogen-bond acceptors (Lipinski definition) is 3. The SMILES string of the molecule is CNc1cccc2c1[nH]c1cc(=NC(=O)c3cccs3)cccc12. The number of para-hydroxylation sites is 1. The highest BCUT2D eigenvalue weighted by molar-refractivity contribution is 7.12. The molecule has 0 aliphatic heterocycles. The fourth-order valence-electron chi connectivity index (χ4n) is 2.84. The smallest absolute Gasteiger partial charge is 0.287 e. The van der Waals surface area contributed by atoms with Crippen LogP contribution in [-0.2, 0) is 0 Å². The second-order valence-electron chi connectivity index (χ2n) is 5.42. The van der Waals surface area contributed by atoms with E-state index in [1.165, 1.54) is 11.3 Å². The third-order valence-electron chi connectivity index (χ3n) is 3.96. The summed E-state index contributed by atoms with van der Waals surface area (Å²) >= 11 is 1.40. The number of nitrogens with one attached hydrogen (secondary N) is 2. The molecule has 2 N–H and O–H groups in total. The summed E-state index contributed by atoms with van der Waals surface area (Å²) in [6, 6.07) is 17.5. The predicted octanol–water partition coefficient (Wildman–Crippen LogP) is 4.17. The third-order valence-corrected chi connectivity index (χ3v) is 4.82. The molecule has 0 fully saturated rings. The summed E-state index contributed by atoms with van der Waals surface area (Å²) in [6.07, 6.45) is 0. The first-order chi connectivity index (χ1) is 11.8. The number of fused-ring (bicyclic) bond motifs is 3. The summed E-state index contributed by atoms with van der Waals surface area (Å²) in [5.74, 6) is -0.212. The van der Waals surface area contributed by atoms with Crippen molar-refractivity contribution in [3.63, 3.8) is 0 Å². The third kappa shape index (κ3) is 2.49. The number of hydrogen-bond donors (Lipinski definition) is 2. The number of H-pyrrole nitrogens is 1.